The molecule has 0 fully saturated rings. The van der Waals surface area contributed by atoms with Crippen LogP contribution in [-0.4, -0.2) is 14.3 Å². The lowest BCUT2D eigenvalue weighted by atomic mass is 10.1. The van der Waals surface area contributed by atoms with Gasteiger partial charge >= 0.3 is 5.69 Å². The van der Waals surface area contributed by atoms with E-state index in [9.17, 15) is 23.8 Å². The Balaban J connectivity index is 2.28. The lowest BCUT2D eigenvalue weighted by Gasteiger charge is -1.99. The van der Waals surface area contributed by atoms with Crippen LogP contribution in [0.2, 0.25) is 0 Å². The highest BCUT2D eigenvalue weighted by Crippen LogP contribution is 2.33. The Morgan fingerprint density at radius 2 is 2.00 bits per heavy atom. The summed E-state index contributed by atoms with van der Waals surface area (Å²) in [6.07, 6.45) is 1.01. The summed E-state index contributed by atoms with van der Waals surface area (Å²) in [4.78, 5) is 25.0. The molecule has 0 bridgehead atoms. The molecule has 3 aromatic rings. The van der Waals surface area contributed by atoms with Crippen molar-refractivity contribution < 1.29 is 13.7 Å². The number of nitroso groups, excluding NO2 is 1. The smallest absolute Gasteiger partial charge is 0.278 e. The molecule has 1 aromatic carbocycles. The Kier molecular flexibility index (Phi) is 3.09. The molecule has 2 heterocycles. The fraction of sp³-hybridized carbons (Fsp3) is 0. The molecule has 0 aliphatic rings. The number of aromatic nitrogens is 2. The molecule has 9 heteroatoms. The molecule has 0 saturated heterocycles. The number of nitro groups is 1. The van der Waals surface area contributed by atoms with E-state index in [1.807, 2.05) is 0 Å². The van der Waals surface area contributed by atoms with Crippen LogP contribution in [0.3, 0.4) is 0 Å². The van der Waals surface area contributed by atoms with Gasteiger partial charge in [0.05, 0.1) is 4.92 Å². The first-order valence-corrected chi connectivity index (χ1v) is 5.96. The van der Waals surface area contributed by atoms with Crippen molar-refractivity contribution in [3.8, 4) is 11.3 Å². The summed E-state index contributed by atoms with van der Waals surface area (Å²) in [5, 5.41) is 13.6. The second-order valence-corrected chi connectivity index (χ2v) is 4.37. The van der Waals surface area contributed by atoms with Crippen LogP contribution < -0.4 is 0 Å². The first-order valence-electron chi connectivity index (χ1n) is 5.96. The summed E-state index contributed by atoms with van der Waals surface area (Å²) in [5.74, 6) is -1.84. The Labute approximate surface area is 121 Å². The maximum Gasteiger partial charge on any atom is 0.305 e. The van der Waals surface area contributed by atoms with E-state index in [-0.39, 0.29) is 22.7 Å². The molecule has 0 radical (unpaired) electrons. The quantitative estimate of drug-likeness (QED) is 0.420. The van der Waals surface area contributed by atoms with Crippen LogP contribution in [0, 0.1) is 26.7 Å². The van der Waals surface area contributed by atoms with Gasteiger partial charge in [0.2, 0.25) is 11.6 Å². The lowest BCUT2D eigenvalue weighted by molar-refractivity contribution is -0.387. The first-order chi connectivity index (χ1) is 10.5. The zero-order chi connectivity index (χ0) is 15.9. The Hall–Kier alpha value is -3.23. The Morgan fingerprint density at radius 3 is 2.68 bits per heavy atom. The molecule has 0 atom stereocenters. The number of fused-ring (bicyclic) bond motifs is 1. The number of nitro benzene ring substituents is 1. The van der Waals surface area contributed by atoms with Crippen LogP contribution in [0.5, 0.6) is 0 Å². The molecule has 0 saturated carbocycles. The Morgan fingerprint density at radius 1 is 1.23 bits per heavy atom. The van der Waals surface area contributed by atoms with Gasteiger partial charge in [-0.25, -0.2) is 9.37 Å². The van der Waals surface area contributed by atoms with Crippen LogP contribution in [0.25, 0.3) is 16.9 Å². The number of pyridine rings is 1. The SMILES string of the molecule is O=Nc1c(-c2ccc(F)c([N+](=O)[O-])c2)nc2ccc(F)cn12. The zero-order valence-electron chi connectivity index (χ0n) is 10.7. The van der Waals surface area contributed by atoms with Crippen molar-refractivity contribution in [2.24, 2.45) is 5.18 Å². The summed E-state index contributed by atoms with van der Waals surface area (Å²) >= 11 is 0. The van der Waals surface area contributed by atoms with Crippen molar-refractivity contribution in [2.75, 3.05) is 0 Å². The molecule has 7 nitrogen and oxygen atoms in total. The van der Waals surface area contributed by atoms with Gasteiger partial charge in [-0.05, 0) is 29.4 Å². The molecular formula is C13H6F2N4O3. The van der Waals surface area contributed by atoms with Crippen LogP contribution in [0.15, 0.2) is 41.7 Å². The van der Waals surface area contributed by atoms with Gasteiger partial charge in [-0.1, -0.05) is 0 Å². The average molecular weight is 304 g/mol. The minimum Gasteiger partial charge on any atom is -0.278 e. The Bertz CT molecular complexity index is 923. The second-order valence-electron chi connectivity index (χ2n) is 4.37. The third-order valence-corrected chi connectivity index (χ3v) is 3.06. The van der Waals surface area contributed by atoms with E-state index in [4.69, 9.17) is 0 Å². The molecule has 0 amide bonds. The predicted octanol–water partition coefficient (Wildman–Crippen LogP) is 3.59. The van der Waals surface area contributed by atoms with Gasteiger partial charge in [0.25, 0.3) is 0 Å². The largest absolute Gasteiger partial charge is 0.305 e. The van der Waals surface area contributed by atoms with Crippen molar-refractivity contribution in [1.29, 1.82) is 0 Å². The molecule has 22 heavy (non-hydrogen) atoms. The molecule has 110 valence electrons. The highest BCUT2D eigenvalue weighted by Gasteiger charge is 2.20. The van der Waals surface area contributed by atoms with E-state index in [1.165, 1.54) is 12.1 Å². The number of nitrogens with zero attached hydrogens (tertiary/aromatic N) is 4. The monoisotopic (exact) mass is 304 g/mol. The van der Waals surface area contributed by atoms with Crippen molar-refractivity contribution in [3.63, 3.8) is 0 Å². The number of hydrogen-bond donors (Lipinski definition) is 0. The second kappa shape index (κ2) is 4.95. The third-order valence-electron chi connectivity index (χ3n) is 3.06. The highest BCUT2D eigenvalue weighted by atomic mass is 19.1. The van der Waals surface area contributed by atoms with Crippen molar-refractivity contribution in [3.05, 3.63) is 63.2 Å². The molecule has 0 aliphatic heterocycles. The summed E-state index contributed by atoms with van der Waals surface area (Å²) < 4.78 is 27.7. The van der Waals surface area contributed by atoms with E-state index in [0.717, 1.165) is 28.8 Å². The minimum atomic E-state index is -1.01. The molecule has 3 rings (SSSR count). The number of imidazole rings is 1. The molecule has 0 unspecified atom stereocenters. The maximum absolute atomic E-state index is 13.4. The maximum atomic E-state index is 13.4. The number of hydrogen-bond acceptors (Lipinski definition) is 5. The van der Waals surface area contributed by atoms with Gasteiger partial charge < -0.3 is 0 Å². The van der Waals surface area contributed by atoms with Gasteiger partial charge in [0.15, 0.2) is 0 Å². The fourth-order valence-electron chi connectivity index (χ4n) is 2.09. The minimum absolute atomic E-state index is 0.00343. The zero-order valence-corrected chi connectivity index (χ0v) is 10.7. The molecule has 0 N–H and O–H groups in total. The van der Waals surface area contributed by atoms with Gasteiger partial charge in [-0.3, -0.25) is 14.5 Å². The fourth-order valence-corrected chi connectivity index (χ4v) is 2.09. The number of benzene rings is 1. The van der Waals surface area contributed by atoms with Crippen LogP contribution in [-0.2, 0) is 0 Å². The van der Waals surface area contributed by atoms with Crippen molar-refractivity contribution in [2.45, 2.75) is 0 Å². The summed E-state index contributed by atoms with van der Waals surface area (Å²) in [6.45, 7) is 0. The van der Waals surface area contributed by atoms with Gasteiger partial charge in [0, 0.05) is 17.8 Å². The van der Waals surface area contributed by atoms with Crippen molar-refractivity contribution in [1.82, 2.24) is 9.38 Å². The van der Waals surface area contributed by atoms with E-state index < -0.39 is 22.2 Å². The van der Waals surface area contributed by atoms with Gasteiger partial charge in [-0.15, -0.1) is 4.91 Å². The molecular weight excluding hydrogens is 298 g/mol. The number of rotatable bonds is 3. The number of halogens is 2. The molecule has 0 spiro atoms. The van der Waals surface area contributed by atoms with E-state index in [0.29, 0.717) is 0 Å². The van der Waals surface area contributed by atoms with Crippen molar-refractivity contribution >= 4 is 17.2 Å². The third kappa shape index (κ3) is 2.08. The summed E-state index contributed by atoms with van der Waals surface area (Å²) in [5.41, 5.74) is -0.383. The topological polar surface area (TPSA) is 89.9 Å². The average Bonchev–Trinajstić information content (AvgIpc) is 2.85. The van der Waals surface area contributed by atoms with E-state index >= 15 is 0 Å². The molecule has 2 aromatic heterocycles. The van der Waals surface area contributed by atoms with E-state index in [2.05, 4.69) is 10.2 Å². The summed E-state index contributed by atoms with van der Waals surface area (Å²) in [6, 6.07) is 5.54. The lowest BCUT2D eigenvalue weighted by Crippen LogP contribution is -1.93. The van der Waals surface area contributed by atoms with Crippen LogP contribution in [0.4, 0.5) is 20.3 Å². The van der Waals surface area contributed by atoms with Gasteiger partial charge in [-0.2, -0.15) is 4.39 Å². The van der Waals surface area contributed by atoms with Crippen LogP contribution in [0.1, 0.15) is 0 Å². The molecule has 0 aliphatic carbocycles. The summed E-state index contributed by atoms with van der Waals surface area (Å²) in [7, 11) is 0. The highest BCUT2D eigenvalue weighted by molar-refractivity contribution is 5.75. The van der Waals surface area contributed by atoms with Crippen LogP contribution >= 0.6 is 0 Å². The van der Waals surface area contributed by atoms with E-state index in [1.54, 1.807) is 0 Å². The normalized spacial score (nSPS) is 10.8. The van der Waals surface area contributed by atoms with Gasteiger partial charge in [0.1, 0.15) is 17.2 Å². The first kappa shape index (κ1) is 13.7. The standard InChI is InChI=1S/C13H6F2N4O3/c14-8-2-4-11-16-12(13(17-20)18(11)6-8)7-1-3-9(15)10(5-7)19(21)22/h1-6H. The predicted molar refractivity (Wildman–Crippen MR) is 72.7 cm³/mol.